The molecule has 0 amide bonds. The van der Waals surface area contributed by atoms with E-state index in [1.165, 1.54) is 19.3 Å². The second kappa shape index (κ2) is 4.98. The Labute approximate surface area is 107 Å². The second-order valence-corrected chi connectivity index (χ2v) is 4.93. The predicted molar refractivity (Wildman–Crippen MR) is 70.2 cm³/mol. The summed E-state index contributed by atoms with van der Waals surface area (Å²) in [4.78, 5) is 8.10. The molecule has 2 aromatic rings. The molecule has 0 aliphatic carbocycles. The minimum atomic E-state index is 0.356. The van der Waals surface area contributed by atoms with Crippen molar-refractivity contribution < 1.29 is 4.42 Å². The summed E-state index contributed by atoms with van der Waals surface area (Å²) in [5.41, 5.74) is 2.01. The van der Waals surface area contributed by atoms with Crippen LogP contribution in [0.5, 0.6) is 0 Å². The van der Waals surface area contributed by atoms with Gasteiger partial charge in [0.05, 0.1) is 12.3 Å². The van der Waals surface area contributed by atoms with Crippen LogP contribution < -0.4 is 5.32 Å². The Morgan fingerprint density at radius 2 is 2.28 bits per heavy atom. The fourth-order valence-corrected chi connectivity index (χ4v) is 2.56. The van der Waals surface area contributed by atoms with E-state index in [0.29, 0.717) is 6.04 Å². The number of aryl methyl sites for hydroxylation is 1. The molecule has 1 saturated heterocycles. The van der Waals surface area contributed by atoms with Crippen LogP contribution in [0.15, 0.2) is 22.8 Å². The zero-order valence-electron chi connectivity index (χ0n) is 10.7. The molecule has 3 rings (SSSR count). The molecule has 1 atom stereocenters. The summed E-state index contributed by atoms with van der Waals surface area (Å²) in [6.45, 7) is 3.13. The van der Waals surface area contributed by atoms with Gasteiger partial charge in [-0.1, -0.05) is 12.8 Å². The molecule has 4 heteroatoms. The molecule has 0 aromatic carbocycles. The van der Waals surface area contributed by atoms with Crippen LogP contribution in [0.3, 0.4) is 0 Å². The molecule has 96 valence electrons. The Morgan fingerprint density at radius 1 is 1.33 bits per heavy atom. The SMILES string of the molecule is Cc1[nH]c(C2CCCCCN2)nc1-c1ccco1. The van der Waals surface area contributed by atoms with E-state index < -0.39 is 0 Å². The van der Waals surface area contributed by atoms with E-state index in [-0.39, 0.29) is 0 Å². The van der Waals surface area contributed by atoms with Crippen LogP contribution in [0.2, 0.25) is 0 Å². The molecule has 1 aliphatic rings. The number of aromatic amines is 1. The van der Waals surface area contributed by atoms with E-state index >= 15 is 0 Å². The summed E-state index contributed by atoms with van der Waals surface area (Å²) in [6, 6.07) is 4.20. The number of aromatic nitrogens is 2. The van der Waals surface area contributed by atoms with Crippen LogP contribution in [0.4, 0.5) is 0 Å². The van der Waals surface area contributed by atoms with Crippen molar-refractivity contribution in [3.05, 3.63) is 29.9 Å². The zero-order valence-corrected chi connectivity index (χ0v) is 10.7. The Bertz CT molecular complexity index is 493. The third-order valence-electron chi connectivity index (χ3n) is 3.55. The first-order valence-electron chi connectivity index (χ1n) is 6.68. The summed E-state index contributed by atoms with van der Waals surface area (Å²) >= 11 is 0. The largest absolute Gasteiger partial charge is 0.463 e. The smallest absolute Gasteiger partial charge is 0.154 e. The topological polar surface area (TPSA) is 53.9 Å². The Kier molecular flexibility index (Phi) is 3.19. The first-order chi connectivity index (χ1) is 8.84. The molecule has 1 unspecified atom stereocenters. The molecule has 0 spiro atoms. The molecule has 2 N–H and O–H groups in total. The fraction of sp³-hybridized carbons (Fsp3) is 0.500. The number of nitrogens with one attached hydrogen (secondary N) is 2. The van der Waals surface area contributed by atoms with E-state index in [1.807, 2.05) is 19.1 Å². The normalized spacial score (nSPS) is 20.8. The van der Waals surface area contributed by atoms with Crippen LogP contribution in [-0.2, 0) is 0 Å². The Morgan fingerprint density at radius 3 is 3.11 bits per heavy atom. The molecule has 0 radical (unpaired) electrons. The highest BCUT2D eigenvalue weighted by molar-refractivity contribution is 5.55. The van der Waals surface area contributed by atoms with E-state index in [2.05, 4.69) is 10.3 Å². The van der Waals surface area contributed by atoms with E-state index in [9.17, 15) is 0 Å². The quantitative estimate of drug-likeness (QED) is 0.854. The van der Waals surface area contributed by atoms with Gasteiger partial charge in [0.15, 0.2) is 5.76 Å². The first kappa shape index (κ1) is 11.5. The predicted octanol–water partition coefficient (Wildman–Crippen LogP) is 3.18. The van der Waals surface area contributed by atoms with E-state index in [1.54, 1.807) is 6.26 Å². The van der Waals surface area contributed by atoms with Gasteiger partial charge in [-0.05, 0) is 38.4 Å². The second-order valence-electron chi connectivity index (χ2n) is 4.93. The van der Waals surface area contributed by atoms with Gasteiger partial charge in [-0.15, -0.1) is 0 Å². The van der Waals surface area contributed by atoms with Gasteiger partial charge in [0.2, 0.25) is 0 Å². The van der Waals surface area contributed by atoms with Gasteiger partial charge in [0.1, 0.15) is 11.5 Å². The lowest BCUT2D eigenvalue weighted by atomic mass is 10.1. The molecular formula is C14H19N3O. The molecule has 2 aromatic heterocycles. The number of furan rings is 1. The van der Waals surface area contributed by atoms with Gasteiger partial charge in [-0.25, -0.2) is 4.98 Å². The van der Waals surface area contributed by atoms with Crippen molar-refractivity contribution in [2.75, 3.05) is 6.54 Å². The maximum atomic E-state index is 5.42. The minimum Gasteiger partial charge on any atom is -0.463 e. The van der Waals surface area contributed by atoms with Crippen LogP contribution in [0.25, 0.3) is 11.5 Å². The summed E-state index contributed by atoms with van der Waals surface area (Å²) in [5.74, 6) is 1.88. The number of nitrogens with zero attached hydrogens (tertiary/aromatic N) is 1. The van der Waals surface area contributed by atoms with Crippen molar-refractivity contribution in [3.8, 4) is 11.5 Å². The lowest BCUT2D eigenvalue weighted by Crippen LogP contribution is -2.21. The minimum absolute atomic E-state index is 0.356. The third-order valence-corrected chi connectivity index (χ3v) is 3.55. The highest BCUT2D eigenvalue weighted by Crippen LogP contribution is 2.26. The summed E-state index contributed by atoms with van der Waals surface area (Å²) < 4.78 is 5.42. The number of hydrogen-bond acceptors (Lipinski definition) is 3. The van der Waals surface area contributed by atoms with E-state index in [0.717, 1.165) is 35.9 Å². The van der Waals surface area contributed by atoms with Crippen molar-refractivity contribution in [2.24, 2.45) is 0 Å². The Hall–Kier alpha value is -1.55. The summed E-state index contributed by atoms with van der Waals surface area (Å²) in [5, 5.41) is 3.56. The van der Waals surface area contributed by atoms with Crippen molar-refractivity contribution in [2.45, 2.75) is 38.6 Å². The summed E-state index contributed by atoms with van der Waals surface area (Å²) in [6.07, 6.45) is 6.69. The molecule has 4 nitrogen and oxygen atoms in total. The van der Waals surface area contributed by atoms with E-state index in [4.69, 9.17) is 9.40 Å². The maximum absolute atomic E-state index is 5.42. The van der Waals surface area contributed by atoms with Gasteiger partial charge < -0.3 is 14.7 Å². The third kappa shape index (κ3) is 2.20. The lowest BCUT2D eigenvalue weighted by Gasteiger charge is -2.12. The zero-order chi connectivity index (χ0) is 12.4. The van der Waals surface area contributed by atoms with Gasteiger partial charge in [-0.3, -0.25) is 0 Å². The Balaban J connectivity index is 1.87. The lowest BCUT2D eigenvalue weighted by molar-refractivity contribution is 0.511. The number of H-pyrrole nitrogens is 1. The van der Waals surface area contributed by atoms with Crippen molar-refractivity contribution in [1.82, 2.24) is 15.3 Å². The first-order valence-corrected chi connectivity index (χ1v) is 6.68. The highest BCUT2D eigenvalue weighted by atomic mass is 16.3. The maximum Gasteiger partial charge on any atom is 0.154 e. The van der Waals surface area contributed by atoms with Crippen LogP contribution >= 0.6 is 0 Å². The molecule has 0 saturated carbocycles. The number of hydrogen-bond donors (Lipinski definition) is 2. The van der Waals surface area contributed by atoms with Gasteiger partial charge >= 0.3 is 0 Å². The van der Waals surface area contributed by atoms with Gasteiger partial charge in [-0.2, -0.15) is 0 Å². The number of rotatable bonds is 2. The highest BCUT2D eigenvalue weighted by Gasteiger charge is 2.19. The summed E-state index contributed by atoms with van der Waals surface area (Å²) in [7, 11) is 0. The standard InChI is InChI=1S/C14H19N3O/c1-10-13(12-7-5-9-18-12)17-14(16-10)11-6-3-2-4-8-15-11/h5,7,9,11,15H,2-4,6,8H2,1H3,(H,16,17). The molecule has 0 bridgehead atoms. The van der Waals surface area contributed by atoms with Crippen molar-refractivity contribution in [1.29, 1.82) is 0 Å². The van der Waals surface area contributed by atoms with Crippen LogP contribution in [0, 0.1) is 6.92 Å². The van der Waals surface area contributed by atoms with Gasteiger partial charge in [0.25, 0.3) is 0 Å². The van der Waals surface area contributed by atoms with Crippen LogP contribution in [-0.4, -0.2) is 16.5 Å². The average molecular weight is 245 g/mol. The van der Waals surface area contributed by atoms with Crippen LogP contribution in [0.1, 0.15) is 43.2 Å². The number of imidazole rings is 1. The van der Waals surface area contributed by atoms with Crippen molar-refractivity contribution >= 4 is 0 Å². The molecule has 1 aliphatic heterocycles. The molecule has 18 heavy (non-hydrogen) atoms. The monoisotopic (exact) mass is 245 g/mol. The molecule has 3 heterocycles. The average Bonchev–Trinajstić information content (AvgIpc) is 2.92. The molecule has 1 fully saturated rings. The molecular weight excluding hydrogens is 226 g/mol. The van der Waals surface area contributed by atoms with Crippen molar-refractivity contribution in [3.63, 3.8) is 0 Å². The fourth-order valence-electron chi connectivity index (χ4n) is 2.56. The van der Waals surface area contributed by atoms with Gasteiger partial charge in [0, 0.05) is 5.69 Å².